The number of sulfonamides is 1. The Bertz CT molecular complexity index is 639. The van der Waals surface area contributed by atoms with Gasteiger partial charge in [0.05, 0.1) is 24.2 Å². The van der Waals surface area contributed by atoms with Crippen LogP contribution in [0.2, 0.25) is 0 Å². The van der Waals surface area contributed by atoms with Crippen LogP contribution in [0, 0.1) is 11.8 Å². The molecule has 1 saturated heterocycles. The van der Waals surface area contributed by atoms with Crippen molar-refractivity contribution < 1.29 is 18.3 Å². The lowest BCUT2D eigenvalue weighted by Crippen LogP contribution is -2.37. The molecule has 0 aliphatic carbocycles. The second kappa shape index (κ2) is 7.05. The van der Waals surface area contributed by atoms with E-state index in [1.807, 2.05) is 0 Å². The van der Waals surface area contributed by atoms with Gasteiger partial charge in [-0.25, -0.2) is 8.42 Å². The number of nitrogens with zero attached hydrogens (tertiary/aromatic N) is 1. The molecule has 1 aliphatic rings. The molecular weight excluding hydrogens is 290 g/mol. The highest BCUT2D eigenvalue weighted by Crippen LogP contribution is 2.23. The van der Waals surface area contributed by atoms with Crippen LogP contribution in [0.4, 0.5) is 0 Å². The van der Waals surface area contributed by atoms with Crippen molar-refractivity contribution in [1.29, 1.82) is 0 Å². The number of hydrogen-bond acceptors (Lipinski definition) is 4. The molecule has 21 heavy (non-hydrogen) atoms. The molecule has 1 heterocycles. The molecule has 2 rings (SSSR count). The number of aliphatic hydroxyl groups is 1. The van der Waals surface area contributed by atoms with Gasteiger partial charge in [0.2, 0.25) is 10.0 Å². The van der Waals surface area contributed by atoms with Crippen LogP contribution >= 0.6 is 0 Å². The first-order valence-electron chi connectivity index (χ1n) is 6.82. The lowest BCUT2D eigenvalue weighted by molar-refractivity contribution is 0.181. The van der Waals surface area contributed by atoms with Gasteiger partial charge in [0.15, 0.2) is 0 Å². The van der Waals surface area contributed by atoms with Gasteiger partial charge in [-0.15, -0.1) is 0 Å². The Labute approximate surface area is 125 Å². The maximum Gasteiger partial charge on any atom is 0.244 e. The van der Waals surface area contributed by atoms with Crippen LogP contribution in [-0.2, 0) is 14.8 Å². The number of aliphatic hydroxyl groups excluding tert-OH is 1. The summed E-state index contributed by atoms with van der Waals surface area (Å²) < 4.78 is 32.1. The fourth-order valence-electron chi connectivity index (χ4n) is 2.17. The summed E-state index contributed by atoms with van der Waals surface area (Å²) in [5.74, 6) is 5.58. The zero-order chi connectivity index (χ0) is 15.3. The fourth-order valence-corrected chi connectivity index (χ4v) is 3.69. The Morgan fingerprint density at radius 3 is 2.86 bits per heavy atom. The van der Waals surface area contributed by atoms with E-state index >= 15 is 0 Å². The van der Waals surface area contributed by atoms with E-state index < -0.39 is 10.0 Å². The molecule has 1 unspecified atom stereocenters. The maximum atomic E-state index is 12.7. The van der Waals surface area contributed by atoms with Crippen LogP contribution < -0.4 is 0 Å². The van der Waals surface area contributed by atoms with E-state index in [0.29, 0.717) is 31.6 Å². The molecule has 0 saturated carbocycles. The molecule has 0 radical (unpaired) electrons. The first-order valence-corrected chi connectivity index (χ1v) is 8.26. The highest BCUT2D eigenvalue weighted by molar-refractivity contribution is 7.89. The minimum Gasteiger partial charge on any atom is -0.395 e. The molecule has 5 nitrogen and oxygen atoms in total. The predicted molar refractivity (Wildman–Crippen MR) is 79.2 cm³/mol. The van der Waals surface area contributed by atoms with Crippen molar-refractivity contribution in [3.63, 3.8) is 0 Å². The van der Waals surface area contributed by atoms with Gasteiger partial charge in [-0.2, -0.15) is 4.31 Å². The molecule has 1 aromatic rings. The Hall–Kier alpha value is -1.39. The highest BCUT2D eigenvalue weighted by Gasteiger charge is 2.31. The molecule has 6 heteroatoms. The van der Waals surface area contributed by atoms with Gasteiger partial charge in [-0.05, 0) is 18.6 Å². The van der Waals surface area contributed by atoms with Crippen LogP contribution in [0.5, 0.6) is 0 Å². The number of benzene rings is 1. The number of rotatable bonds is 4. The van der Waals surface area contributed by atoms with Crippen molar-refractivity contribution in [3.05, 3.63) is 29.8 Å². The summed E-state index contributed by atoms with van der Waals surface area (Å²) in [6, 6.07) is 6.54. The second-order valence-electron chi connectivity index (χ2n) is 4.81. The minimum atomic E-state index is -3.60. The van der Waals surface area contributed by atoms with Crippen molar-refractivity contribution in [1.82, 2.24) is 4.31 Å². The average Bonchev–Trinajstić information content (AvgIpc) is 3.01. The van der Waals surface area contributed by atoms with E-state index in [4.69, 9.17) is 9.84 Å². The Morgan fingerprint density at radius 2 is 2.19 bits per heavy atom. The molecule has 0 spiro atoms. The van der Waals surface area contributed by atoms with Crippen molar-refractivity contribution >= 4 is 10.0 Å². The first kappa shape index (κ1) is 16.0. The standard InChI is InChI=1S/C15H19NO4S/c1-16(14-9-11-20-12-14)21(18,19)15-8-3-2-6-13(15)7-4-5-10-17/h2-3,6,8,14,17H,5,9-12H2,1H3. The average molecular weight is 309 g/mol. The predicted octanol–water partition coefficient (Wildman–Crippen LogP) is 0.830. The molecule has 114 valence electrons. The largest absolute Gasteiger partial charge is 0.395 e. The topological polar surface area (TPSA) is 66.8 Å². The normalized spacial score (nSPS) is 18.5. The van der Waals surface area contributed by atoms with E-state index in [9.17, 15) is 8.42 Å². The van der Waals surface area contributed by atoms with Crippen LogP contribution in [0.1, 0.15) is 18.4 Å². The van der Waals surface area contributed by atoms with E-state index in [-0.39, 0.29) is 17.5 Å². The lowest BCUT2D eigenvalue weighted by atomic mass is 10.2. The van der Waals surface area contributed by atoms with E-state index in [2.05, 4.69) is 11.8 Å². The zero-order valence-corrected chi connectivity index (χ0v) is 12.8. The number of likely N-dealkylation sites (N-methyl/N-ethyl adjacent to an activating group) is 1. The summed E-state index contributed by atoms with van der Waals surface area (Å²) >= 11 is 0. The van der Waals surface area contributed by atoms with Crippen molar-refractivity contribution in [3.8, 4) is 11.8 Å². The molecule has 1 fully saturated rings. The fraction of sp³-hybridized carbons (Fsp3) is 0.467. The molecule has 1 aliphatic heterocycles. The maximum absolute atomic E-state index is 12.7. The van der Waals surface area contributed by atoms with Gasteiger partial charge < -0.3 is 9.84 Å². The lowest BCUT2D eigenvalue weighted by Gasteiger charge is -2.23. The van der Waals surface area contributed by atoms with Crippen molar-refractivity contribution in [2.45, 2.75) is 23.8 Å². The SMILES string of the molecule is CN(C1CCOC1)S(=O)(=O)c1ccccc1C#CCCO. The first-order chi connectivity index (χ1) is 10.1. The van der Waals surface area contributed by atoms with Gasteiger partial charge in [0.25, 0.3) is 0 Å². The third-order valence-corrected chi connectivity index (χ3v) is 5.39. The van der Waals surface area contributed by atoms with Gasteiger partial charge in [0, 0.05) is 25.6 Å². The second-order valence-corrected chi connectivity index (χ2v) is 6.78. The quantitative estimate of drug-likeness (QED) is 0.837. The monoisotopic (exact) mass is 309 g/mol. The number of ether oxygens (including phenoxy) is 1. The smallest absolute Gasteiger partial charge is 0.244 e. The Balaban J connectivity index is 2.34. The van der Waals surface area contributed by atoms with Crippen molar-refractivity contribution in [2.24, 2.45) is 0 Å². The molecule has 0 aromatic heterocycles. The summed E-state index contributed by atoms with van der Waals surface area (Å²) in [4.78, 5) is 0.199. The van der Waals surface area contributed by atoms with Crippen LogP contribution in [0.15, 0.2) is 29.2 Å². The van der Waals surface area contributed by atoms with Gasteiger partial charge >= 0.3 is 0 Å². The third-order valence-electron chi connectivity index (χ3n) is 3.42. The highest BCUT2D eigenvalue weighted by atomic mass is 32.2. The van der Waals surface area contributed by atoms with E-state index in [1.165, 1.54) is 4.31 Å². The summed E-state index contributed by atoms with van der Waals surface area (Å²) in [7, 11) is -2.03. The van der Waals surface area contributed by atoms with Crippen LogP contribution in [0.25, 0.3) is 0 Å². The van der Waals surface area contributed by atoms with Gasteiger partial charge in [-0.1, -0.05) is 24.0 Å². The molecular formula is C15H19NO4S. The summed E-state index contributed by atoms with van der Waals surface area (Å²) in [6.45, 7) is 0.970. The third kappa shape index (κ3) is 3.63. The minimum absolute atomic E-state index is 0.0404. The van der Waals surface area contributed by atoms with E-state index in [0.717, 1.165) is 0 Å². The summed E-state index contributed by atoms with van der Waals surface area (Å²) in [5, 5.41) is 8.76. The molecule has 1 aromatic carbocycles. The Kier molecular flexibility index (Phi) is 5.37. The van der Waals surface area contributed by atoms with Crippen LogP contribution in [-0.4, -0.2) is 50.7 Å². The molecule has 1 atom stereocenters. The molecule has 1 N–H and O–H groups in total. The number of hydrogen-bond donors (Lipinski definition) is 1. The van der Waals surface area contributed by atoms with E-state index in [1.54, 1.807) is 31.3 Å². The molecule has 0 bridgehead atoms. The summed E-state index contributed by atoms with van der Waals surface area (Å²) in [5.41, 5.74) is 0.455. The van der Waals surface area contributed by atoms with Gasteiger partial charge in [-0.3, -0.25) is 0 Å². The zero-order valence-electron chi connectivity index (χ0n) is 11.9. The van der Waals surface area contributed by atoms with Crippen molar-refractivity contribution in [2.75, 3.05) is 26.9 Å². The summed E-state index contributed by atoms with van der Waals surface area (Å²) in [6.07, 6.45) is 1.02. The van der Waals surface area contributed by atoms with Crippen LogP contribution in [0.3, 0.4) is 0 Å². The molecule has 0 amide bonds. The van der Waals surface area contributed by atoms with Gasteiger partial charge in [0.1, 0.15) is 0 Å². The Morgan fingerprint density at radius 1 is 1.43 bits per heavy atom.